The first-order chi connectivity index (χ1) is 19.0. The predicted molar refractivity (Wildman–Crippen MR) is 162 cm³/mol. The first kappa shape index (κ1) is 31.5. The first-order valence-corrected chi connectivity index (χ1v) is 15.7. The second-order valence-corrected chi connectivity index (χ2v) is 12.3. The molecule has 0 fully saturated rings. The number of benzene rings is 3. The van der Waals surface area contributed by atoms with Crippen molar-refractivity contribution in [3.8, 4) is 0 Å². The lowest BCUT2D eigenvalue weighted by Gasteiger charge is -2.32. The van der Waals surface area contributed by atoms with Crippen LogP contribution in [0.5, 0.6) is 0 Å². The zero-order chi connectivity index (χ0) is 29.3. The van der Waals surface area contributed by atoms with Crippen LogP contribution in [0.1, 0.15) is 36.5 Å². The molecule has 0 saturated heterocycles. The maximum absolute atomic E-state index is 13.8. The summed E-state index contributed by atoms with van der Waals surface area (Å²) in [5, 5.41) is 3.61. The molecular formula is C30H35Cl2N3O4S. The van der Waals surface area contributed by atoms with Crippen molar-refractivity contribution >= 4 is 50.7 Å². The Balaban J connectivity index is 1.89. The molecule has 0 heterocycles. The third-order valence-corrected chi connectivity index (χ3v) is 8.41. The molecule has 3 rings (SSSR count). The number of amides is 2. The topological polar surface area (TPSA) is 86.8 Å². The average Bonchev–Trinajstić information content (AvgIpc) is 2.91. The second-order valence-electron chi connectivity index (χ2n) is 9.60. The molecule has 0 radical (unpaired) electrons. The largest absolute Gasteiger partial charge is 0.355 e. The minimum Gasteiger partial charge on any atom is -0.355 e. The highest BCUT2D eigenvalue weighted by atomic mass is 35.5. The zero-order valence-corrected chi connectivity index (χ0v) is 25.3. The Labute approximate surface area is 247 Å². The van der Waals surface area contributed by atoms with Crippen molar-refractivity contribution in [1.82, 2.24) is 10.2 Å². The van der Waals surface area contributed by atoms with Crippen molar-refractivity contribution in [1.29, 1.82) is 0 Å². The molecule has 1 unspecified atom stereocenters. The summed E-state index contributed by atoms with van der Waals surface area (Å²) in [6.07, 6.45) is 1.79. The number of sulfonamides is 1. The van der Waals surface area contributed by atoms with Gasteiger partial charge in [-0.25, -0.2) is 8.42 Å². The second kappa shape index (κ2) is 14.5. The van der Waals surface area contributed by atoms with Gasteiger partial charge in [0, 0.05) is 32.5 Å². The van der Waals surface area contributed by atoms with Crippen LogP contribution in [-0.2, 0) is 32.6 Å². The van der Waals surface area contributed by atoms with E-state index in [4.69, 9.17) is 23.2 Å². The van der Waals surface area contributed by atoms with Crippen LogP contribution >= 0.6 is 23.2 Å². The van der Waals surface area contributed by atoms with Crippen molar-refractivity contribution in [2.75, 3.05) is 23.7 Å². The molecule has 0 aliphatic heterocycles. The fourth-order valence-electron chi connectivity index (χ4n) is 4.51. The monoisotopic (exact) mass is 603 g/mol. The van der Waals surface area contributed by atoms with Gasteiger partial charge in [-0.15, -0.1) is 0 Å². The summed E-state index contributed by atoms with van der Waals surface area (Å²) < 4.78 is 26.6. The highest BCUT2D eigenvalue weighted by Crippen LogP contribution is 2.26. The van der Waals surface area contributed by atoms with E-state index < -0.39 is 16.1 Å². The minimum atomic E-state index is -3.58. The van der Waals surface area contributed by atoms with Crippen molar-refractivity contribution < 1.29 is 18.0 Å². The van der Waals surface area contributed by atoms with Crippen LogP contribution in [0, 0.1) is 6.92 Å². The van der Waals surface area contributed by atoms with Crippen LogP contribution in [0.2, 0.25) is 10.0 Å². The first-order valence-electron chi connectivity index (χ1n) is 13.1. The van der Waals surface area contributed by atoms with Gasteiger partial charge in [-0.2, -0.15) is 0 Å². The number of aryl methyl sites for hydroxylation is 1. The SMILES string of the molecule is CCNC(=O)C(Cc1ccccc1)N(Cc1ccc(Cl)c(Cl)c1)C(=O)CCCN(c1ccccc1C)S(C)(=O)=O. The molecule has 1 atom stereocenters. The van der Waals surface area contributed by atoms with Gasteiger partial charge in [0.25, 0.3) is 0 Å². The summed E-state index contributed by atoms with van der Waals surface area (Å²) in [4.78, 5) is 28.6. The lowest BCUT2D eigenvalue weighted by molar-refractivity contribution is -0.141. The molecule has 0 aliphatic rings. The lowest BCUT2D eigenvalue weighted by atomic mass is 10.0. The summed E-state index contributed by atoms with van der Waals surface area (Å²) in [6, 6.07) is 21.1. The summed E-state index contributed by atoms with van der Waals surface area (Å²) >= 11 is 12.4. The molecule has 0 spiro atoms. The van der Waals surface area contributed by atoms with Crippen LogP contribution in [0.3, 0.4) is 0 Å². The minimum absolute atomic E-state index is 0.0456. The molecule has 1 N–H and O–H groups in total. The normalized spacial score (nSPS) is 12.0. The number of anilines is 1. The van der Waals surface area contributed by atoms with E-state index >= 15 is 0 Å². The van der Waals surface area contributed by atoms with Crippen molar-refractivity contribution in [3.63, 3.8) is 0 Å². The third kappa shape index (κ3) is 8.71. The van der Waals surface area contributed by atoms with Crippen LogP contribution in [0.15, 0.2) is 72.8 Å². The molecule has 0 aliphatic carbocycles. The Morgan fingerprint density at radius 3 is 2.23 bits per heavy atom. The Hall–Kier alpha value is -3.07. The molecule has 10 heteroatoms. The fourth-order valence-corrected chi connectivity index (χ4v) is 5.85. The zero-order valence-electron chi connectivity index (χ0n) is 22.9. The standard InChI is InChI=1S/C30H35Cl2N3O4S/c1-4-33-30(37)28(20-23-12-6-5-7-13-23)34(21-24-16-17-25(31)26(32)19-24)29(36)15-10-18-35(40(3,38)39)27-14-9-8-11-22(27)2/h5-9,11-14,16-17,19,28H,4,10,15,18,20-21H2,1-3H3,(H,33,37). The van der Waals surface area contributed by atoms with Gasteiger partial charge in [0.05, 0.1) is 22.0 Å². The molecule has 214 valence electrons. The summed E-state index contributed by atoms with van der Waals surface area (Å²) in [5.41, 5.74) is 3.03. The number of hydrogen-bond donors (Lipinski definition) is 1. The molecule has 3 aromatic rings. The van der Waals surface area contributed by atoms with Crippen molar-refractivity contribution in [2.24, 2.45) is 0 Å². The number of carbonyl (C=O) groups is 2. The summed E-state index contributed by atoms with van der Waals surface area (Å²) in [6.45, 7) is 4.35. The molecule has 2 amide bonds. The Morgan fingerprint density at radius 1 is 0.925 bits per heavy atom. The number of rotatable bonds is 13. The molecule has 40 heavy (non-hydrogen) atoms. The van der Waals surface area contributed by atoms with E-state index in [1.54, 1.807) is 35.2 Å². The van der Waals surface area contributed by atoms with Gasteiger partial charge in [-0.05, 0) is 55.2 Å². The van der Waals surface area contributed by atoms with E-state index in [1.807, 2.05) is 56.3 Å². The Bertz CT molecular complexity index is 1420. The fraction of sp³-hybridized carbons (Fsp3) is 0.333. The molecule has 0 bridgehead atoms. The van der Waals surface area contributed by atoms with Crippen LogP contribution in [0.4, 0.5) is 5.69 Å². The van der Waals surface area contributed by atoms with Gasteiger partial charge < -0.3 is 10.2 Å². The molecule has 7 nitrogen and oxygen atoms in total. The third-order valence-electron chi connectivity index (χ3n) is 6.50. The quantitative estimate of drug-likeness (QED) is 0.274. The highest BCUT2D eigenvalue weighted by Gasteiger charge is 2.30. The summed E-state index contributed by atoms with van der Waals surface area (Å²) in [5.74, 6) is -0.533. The molecule has 3 aromatic carbocycles. The number of hydrogen-bond acceptors (Lipinski definition) is 4. The molecule has 0 aromatic heterocycles. The van der Waals surface area contributed by atoms with Gasteiger partial charge in [-0.1, -0.05) is 77.8 Å². The highest BCUT2D eigenvalue weighted by molar-refractivity contribution is 7.92. The van der Waals surface area contributed by atoms with E-state index in [0.717, 1.165) is 22.9 Å². The lowest BCUT2D eigenvalue weighted by Crippen LogP contribution is -2.50. The molecule has 0 saturated carbocycles. The molecular weight excluding hydrogens is 569 g/mol. The average molecular weight is 605 g/mol. The van der Waals surface area contributed by atoms with Gasteiger partial charge >= 0.3 is 0 Å². The number of nitrogens with zero attached hydrogens (tertiary/aromatic N) is 2. The van der Waals surface area contributed by atoms with Gasteiger partial charge in [-0.3, -0.25) is 13.9 Å². The predicted octanol–water partition coefficient (Wildman–Crippen LogP) is 5.62. The van der Waals surface area contributed by atoms with Crippen LogP contribution in [-0.4, -0.2) is 50.5 Å². The number of carbonyl (C=O) groups excluding carboxylic acids is 2. The van der Waals surface area contributed by atoms with Crippen LogP contribution < -0.4 is 9.62 Å². The maximum Gasteiger partial charge on any atom is 0.243 e. The van der Waals surface area contributed by atoms with E-state index in [1.165, 1.54) is 4.31 Å². The van der Waals surface area contributed by atoms with Gasteiger partial charge in [0.15, 0.2) is 0 Å². The maximum atomic E-state index is 13.8. The van der Waals surface area contributed by atoms with Gasteiger partial charge in [0.1, 0.15) is 6.04 Å². The van der Waals surface area contributed by atoms with E-state index in [0.29, 0.717) is 28.7 Å². The van der Waals surface area contributed by atoms with E-state index in [9.17, 15) is 18.0 Å². The van der Waals surface area contributed by atoms with Crippen LogP contribution in [0.25, 0.3) is 0 Å². The Kier molecular flexibility index (Phi) is 11.4. The van der Waals surface area contributed by atoms with E-state index in [2.05, 4.69) is 5.32 Å². The number of halogens is 2. The number of nitrogens with one attached hydrogen (secondary N) is 1. The summed E-state index contributed by atoms with van der Waals surface area (Å²) in [7, 11) is -3.58. The van der Waals surface area contributed by atoms with E-state index in [-0.39, 0.29) is 37.7 Å². The van der Waals surface area contributed by atoms with Crippen molar-refractivity contribution in [3.05, 3.63) is 99.5 Å². The number of para-hydroxylation sites is 1. The smallest absolute Gasteiger partial charge is 0.243 e. The van der Waals surface area contributed by atoms with Gasteiger partial charge in [0.2, 0.25) is 21.8 Å². The number of likely N-dealkylation sites (N-methyl/N-ethyl adjacent to an activating group) is 1. The Morgan fingerprint density at radius 2 is 1.60 bits per heavy atom. The van der Waals surface area contributed by atoms with Crippen molar-refractivity contribution in [2.45, 2.75) is 45.7 Å².